The van der Waals surface area contributed by atoms with Gasteiger partial charge in [-0.15, -0.1) is 0 Å². The molecule has 0 spiro atoms. The summed E-state index contributed by atoms with van der Waals surface area (Å²) in [5.41, 5.74) is 1.04. The molecule has 0 saturated carbocycles. The molecule has 0 aliphatic carbocycles. The highest BCUT2D eigenvalue weighted by Gasteiger charge is 2.26. The fourth-order valence-electron chi connectivity index (χ4n) is 2.55. The van der Waals surface area contributed by atoms with Gasteiger partial charge in [-0.25, -0.2) is 23.1 Å². The van der Waals surface area contributed by atoms with Crippen molar-refractivity contribution >= 4 is 15.8 Å². The highest BCUT2D eigenvalue weighted by molar-refractivity contribution is 7.88. The number of rotatable bonds is 5. The van der Waals surface area contributed by atoms with Crippen LogP contribution in [0.15, 0.2) is 6.07 Å². The molecule has 1 saturated heterocycles. The van der Waals surface area contributed by atoms with E-state index >= 15 is 0 Å². The second-order valence-corrected chi connectivity index (χ2v) is 8.42. The molecule has 7 heteroatoms. The molecular formula is C15H26N4O2S. The summed E-state index contributed by atoms with van der Waals surface area (Å²) >= 11 is 0. The number of anilines is 1. The van der Waals surface area contributed by atoms with E-state index in [1.807, 2.05) is 6.07 Å². The Hall–Kier alpha value is -1.21. The average molecular weight is 326 g/mol. The van der Waals surface area contributed by atoms with Gasteiger partial charge in [0, 0.05) is 36.8 Å². The Morgan fingerprint density at radius 3 is 2.45 bits per heavy atom. The molecule has 22 heavy (non-hydrogen) atoms. The number of nitrogens with zero attached hydrogens (tertiary/aromatic N) is 3. The number of aromatic nitrogens is 2. The van der Waals surface area contributed by atoms with Gasteiger partial charge in [-0.2, -0.15) is 0 Å². The van der Waals surface area contributed by atoms with Gasteiger partial charge >= 0.3 is 0 Å². The lowest BCUT2D eigenvalue weighted by Crippen LogP contribution is -2.36. The van der Waals surface area contributed by atoms with Gasteiger partial charge in [-0.3, -0.25) is 0 Å². The van der Waals surface area contributed by atoms with Crippen molar-refractivity contribution in [2.45, 2.75) is 52.0 Å². The highest BCUT2D eigenvalue weighted by Crippen LogP contribution is 2.24. The maximum absolute atomic E-state index is 11.4. The van der Waals surface area contributed by atoms with Crippen molar-refractivity contribution in [1.29, 1.82) is 0 Å². The van der Waals surface area contributed by atoms with Gasteiger partial charge in [0.25, 0.3) is 0 Å². The Balaban J connectivity index is 2.22. The van der Waals surface area contributed by atoms with E-state index in [4.69, 9.17) is 0 Å². The summed E-state index contributed by atoms with van der Waals surface area (Å²) < 4.78 is 25.4. The first-order valence-electron chi connectivity index (χ1n) is 7.77. The van der Waals surface area contributed by atoms with Gasteiger partial charge in [-0.1, -0.05) is 27.7 Å². The average Bonchev–Trinajstić information content (AvgIpc) is 2.84. The summed E-state index contributed by atoms with van der Waals surface area (Å²) in [6, 6.07) is 1.98. The van der Waals surface area contributed by atoms with E-state index in [9.17, 15) is 8.42 Å². The van der Waals surface area contributed by atoms with E-state index in [0.717, 1.165) is 30.3 Å². The molecule has 1 fully saturated rings. The van der Waals surface area contributed by atoms with E-state index in [2.05, 4.69) is 47.3 Å². The third-order valence-electron chi connectivity index (χ3n) is 3.75. The van der Waals surface area contributed by atoms with Crippen LogP contribution in [0.3, 0.4) is 0 Å². The molecule has 6 nitrogen and oxygen atoms in total. The molecule has 0 unspecified atom stereocenters. The van der Waals surface area contributed by atoms with Crippen molar-refractivity contribution in [2.75, 3.05) is 24.2 Å². The molecule has 1 atom stereocenters. The van der Waals surface area contributed by atoms with E-state index in [1.54, 1.807) is 0 Å². The Bertz CT molecular complexity index is 602. The second kappa shape index (κ2) is 6.50. The normalized spacial score (nSPS) is 19.4. The highest BCUT2D eigenvalue weighted by atomic mass is 32.2. The summed E-state index contributed by atoms with van der Waals surface area (Å²) in [7, 11) is -3.17. The summed E-state index contributed by atoms with van der Waals surface area (Å²) in [6.07, 6.45) is 2.00. The first-order chi connectivity index (χ1) is 10.2. The van der Waals surface area contributed by atoms with Crippen molar-refractivity contribution in [2.24, 2.45) is 0 Å². The molecule has 0 amide bonds. The topological polar surface area (TPSA) is 75.2 Å². The quantitative estimate of drug-likeness (QED) is 0.894. The monoisotopic (exact) mass is 326 g/mol. The van der Waals surface area contributed by atoms with E-state index in [0.29, 0.717) is 12.5 Å². The molecule has 1 aliphatic rings. The minimum atomic E-state index is -3.17. The number of sulfonamides is 1. The van der Waals surface area contributed by atoms with Gasteiger partial charge in [0.2, 0.25) is 10.0 Å². The molecule has 0 bridgehead atoms. The van der Waals surface area contributed by atoms with Crippen LogP contribution in [0.4, 0.5) is 5.82 Å². The maximum atomic E-state index is 11.4. The lowest BCUT2D eigenvalue weighted by molar-refractivity contribution is 0.567. The standard InChI is InChI=1S/C15H26N4O2S/c1-10(2)13-8-14(17-15(16-13)11(3)4)19-7-6-12(9-19)18-22(5,20)21/h8,10-12,18H,6-7,9H2,1-5H3/t12-/m1/s1. The van der Waals surface area contributed by atoms with Gasteiger partial charge in [0.15, 0.2) is 0 Å². The zero-order chi connectivity index (χ0) is 16.5. The van der Waals surface area contributed by atoms with Crippen LogP contribution in [0.5, 0.6) is 0 Å². The van der Waals surface area contributed by atoms with Gasteiger partial charge in [0.05, 0.1) is 6.26 Å². The fraction of sp³-hybridized carbons (Fsp3) is 0.733. The predicted octanol–water partition coefficient (Wildman–Crippen LogP) is 1.85. The lowest BCUT2D eigenvalue weighted by Gasteiger charge is -2.20. The Morgan fingerprint density at radius 2 is 1.91 bits per heavy atom. The minimum Gasteiger partial charge on any atom is -0.355 e. The molecule has 0 radical (unpaired) electrons. The summed E-state index contributed by atoms with van der Waals surface area (Å²) in [5.74, 6) is 2.36. The van der Waals surface area contributed by atoms with Crippen molar-refractivity contribution in [1.82, 2.24) is 14.7 Å². The zero-order valence-electron chi connectivity index (χ0n) is 14.0. The van der Waals surface area contributed by atoms with Crippen LogP contribution >= 0.6 is 0 Å². The predicted molar refractivity (Wildman–Crippen MR) is 88.8 cm³/mol. The van der Waals surface area contributed by atoms with Gasteiger partial charge < -0.3 is 4.90 Å². The molecule has 124 valence electrons. The van der Waals surface area contributed by atoms with Crippen molar-refractivity contribution < 1.29 is 8.42 Å². The van der Waals surface area contributed by atoms with Crippen LogP contribution in [-0.2, 0) is 10.0 Å². The van der Waals surface area contributed by atoms with E-state index in [1.165, 1.54) is 6.26 Å². The third-order valence-corrected chi connectivity index (χ3v) is 4.51. The van der Waals surface area contributed by atoms with Gasteiger partial charge in [0.1, 0.15) is 11.6 Å². The molecule has 0 aromatic carbocycles. The van der Waals surface area contributed by atoms with Crippen molar-refractivity contribution in [3.63, 3.8) is 0 Å². The van der Waals surface area contributed by atoms with E-state index < -0.39 is 10.0 Å². The summed E-state index contributed by atoms with van der Waals surface area (Å²) in [5, 5.41) is 0. The number of hydrogen-bond donors (Lipinski definition) is 1. The van der Waals surface area contributed by atoms with Crippen molar-refractivity contribution in [3.8, 4) is 0 Å². The third kappa shape index (κ3) is 4.39. The van der Waals surface area contributed by atoms with E-state index in [-0.39, 0.29) is 12.0 Å². The van der Waals surface area contributed by atoms with Crippen LogP contribution in [0.25, 0.3) is 0 Å². The summed E-state index contributed by atoms with van der Waals surface area (Å²) in [4.78, 5) is 11.4. The van der Waals surface area contributed by atoms with Crippen LogP contribution in [0.1, 0.15) is 57.5 Å². The first kappa shape index (κ1) is 17.1. The van der Waals surface area contributed by atoms with Crippen LogP contribution in [-0.4, -0.2) is 43.8 Å². The van der Waals surface area contributed by atoms with Crippen LogP contribution in [0.2, 0.25) is 0 Å². The molecule has 1 aliphatic heterocycles. The molecule has 1 aromatic rings. The Labute approximate surface area is 133 Å². The number of nitrogens with one attached hydrogen (secondary N) is 1. The smallest absolute Gasteiger partial charge is 0.209 e. The first-order valence-corrected chi connectivity index (χ1v) is 9.66. The lowest BCUT2D eigenvalue weighted by atomic mass is 10.1. The molecule has 1 N–H and O–H groups in total. The largest absolute Gasteiger partial charge is 0.355 e. The maximum Gasteiger partial charge on any atom is 0.209 e. The Kier molecular flexibility index (Phi) is 5.07. The fourth-order valence-corrected chi connectivity index (χ4v) is 3.35. The summed E-state index contributed by atoms with van der Waals surface area (Å²) in [6.45, 7) is 9.86. The van der Waals surface area contributed by atoms with Gasteiger partial charge in [-0.05, 0) is 12.3 Å². The molecule has 1 aromatic heterocycles. The Morgan fingerprint density at radius 1 is 1.23 bits per heavy atom. The molecule has 2 rings (SSSR count). The van der Waals surface area contributed by atoms with Crippen LogP contribution in [0, 0.1) is 0 Å². The second-order valence-electron chi connectivity index (χ2n) is 6.64. The zero-order valence-corrected chi connectivity index (χ0v) is 14.8. The van der Waals surface area contributed by atoms with Crippen molar-refractivity contribution in [3.05, 3.63) is 17.6 Å². The molecule has 2 heterocycles. The minimum absolute atomic E-state index is 0.0463. The number of hydrogen-bond acceptors (Lipinski definition) is 5. The molecular weight excluding hydrogens is 300 g/mol. The van der Waals surface area contributed by atoms with Crippen LogP contribution < -0.4 is 9.62 Å². The SMILES string of the molecule is CC(C)c1cc(N2CC[C@@H](NS(C)(=O)=O)C2)nc(C(C)C)n1.